The molecular weight excluding hydrogens is 299 g/mol. The summed E-state index contributed by atoms with van der Waals surface area (Å²) >= 11 is 5.83. The Morgan fingerprint density at radius 3 is 2.57 bits per heavy atom. The lowest BCUT2D eigenvalue weighted by Gasteiger charge is -2.28. The van der Waals surface area contributed by atoms with Gasteiger partial charge in [0, 0.05) is 0 Å². The van der Waals surface area contributed by atoms with Crippen LogP contribution in [0.25, 0.3) is 0 Å². The summed E-state index contributed by atoms with van der Waals surface area (Å²) in [6.45, 7) is 0. The van der Waals surface area contributed by atoms with Gasteiger partial charge in [0.1, 0.15) is 5.82 Å². The van der Waals surface area contributed by atoms with Gasteiger partial charge in [-0.25, -0.2) is 9.18 Å². The van der Waals surface area contributed by atoms with Crippen molar-refractivity contribution in [1.29, 1.82) is 0 Å². The van der Waals surface area contributed by atoms with E-state index in [-0.39, 0.29) is 17.1 Å². The minimum Gasteiger partial charge on any atom is -0.481 e. The zero-order chi connectivity index (χ0) is 15.5. The topological polar surface area (TPSA) is 78.4 Å². The van der Waals surface area contributed by atoms with E-state index < -0.39 is 23.4 Å². The van der Waals surface area contributed by atoms with Crippen LogP contribution < -0.4 is 10.6 Å². The molecule has 1 aromatic rings. The van der Waals surface area contributed by atoms with Crippen molar-refractivity contribution in [2.24, 2.45) is 0 Å². The number of carboxylic acids is 1. The van der Waals surface area contributed by atoms with Crippen LogP contribution in [0, 0.1) is 5.82 Å². The van der Waals surface area contributed by atoms with Crippen molar-refractivity contribution in [2.45, 2.75) is 37.6 Å². The van der Waals surface area contributed by atoms with Crippen LogP contribution in [-0.2, 0) is 4.79 Å². The fourth-order valence-corrected chi connectivity index (χ4v) is 2.90. The van der Waals surface area contributed by atoms with E-state index in [4.69, 9.17) is 16.7 Å². The molecular formula is C14H16ClFN2O3. The number of carboxylic acid groups (broad SMARTS) is 1. The Hall–Kier alpha value is -1.82. The highest BCUT2D eigenvalue weighted by molar-refractivity contribution is 6.33. The van der Waals surface area contributed by atoms with Crippen molar-refractivity contribution in [1.82, 2.24) is 5.32 Å². The fraction of sp³-hybridized carbons (Fsp3) is 0.429. The summed E-state index contributed by atoms with van der Waals surface area (Å²) in [5.41, 5.74) is -0.881. The Balaban J connectivity index is 2.08. The molecule has 21 heavy (non-hydrogen) atoms. The lowest BCUT2D eigenvalue weighted by molar-refractivity contribution is -0.138. The molecule has 7 heteroatoms. The van der Waals surface area contributed by atoms with Crippen LogP contribution >= 0.6 is 11.6 Å². The van der Waals surface area contributed by atoms with Gasteiger partial charge in [-0.05, 0) is 25.0 Å². The first-order valence-corrected chi connectivity index (χ1v) is 7.05. The largest absolute Gasteiger partial charge is 0.481 e. The second-order valence-electron chi connectivity index (χ2n) is 5.23. The normalized spacial score (nSPS) is 16.5. The monoisotopic (exact) mass is 314 g/mol. The Labute approximate surface area is 126 Å². The third-order valence-electron chi connectivity index (χ3n) is 3.63. The van der Waals surface area contributed by atoms with E-state index in [0.29, 0.717) is 12.8 Å². The molecule has 1 fully saturated rings. The van der Waals surface area contributed by atoms with Crippen LogP contribution in [0.2, 0.25) is 5.02 Å². The quantitative estimate of drug-likeness (QED) is 0.797. The minimum absolute atomic E-state index is 0.0869. The smallest absolute Gasteiger partial charge is 0.319 e. The molecule has 2 amide bonds. The Kier molecular flexibility index (Phi) is 4.67. The molecule has 1 aliphatic rings. The van der Waals surface area contributed by atoms with Crippen molar-refractivity contribution in [3.05, 3.63) is 29.0 Å². The van der Waals surface area contributed by atoms with Crippen molar-refractivity contribution in [3.63, 3.8) is 0 Å². The number of para-hydroxylation sites is 1. The van der Waals surface area contributed by atoms with E-state index in [1.807, 2.05) is 0 Å². The average Bonchev–Trinajstić information content (AvgIpc) is 2.81. The minimum atomic E-state index is -0.971. The highest BCUT2D eigenvalue weighted by Gasteiger charge is 2.37. The second-order valence-corrected chi connectivity index (χ2v) is 5.64. The number of halogens is 2. The summed E-state index contributed by atoms with van der Waals surface area (Å²) in [6, 6.07) is 3.43. The molecule has 0 radical (unpaired) electrons. The van der Waals surface area contributed by atoms with E-state index in [0.717, 1.165) is 12.8 Å². The van der Waals surface area contributed by atoms with Gasteiger partial charge in [-0.2, -0.15) is 0 Å². The maximum atomic E-state index is 13.6. The molecule has 1 aromatic carbocycles. The first-order chi connectivity index (χ1) is 9.92. The molecule has 0 aromatic heterocycles. The number of hydrogen-bond donors (Lipinski definition) is 3. The summed E-state index contributed by atoms with van der Waals surface area (Å²) < 4.78 is 13.6. The lowest BCUT2D eigenvalue weighted by atomic mass is 9.93. The Morgan fingerprint density at radius 1 is 1.33 bits per heavy atom. The molecule has 0 spiro atoms. The van der Waals surface area contributed by atoms with Gasteiger partial charge in [0.15, 0.2) is 0 Å². The third-order valence-corrected chi connectivity index (χ3v) is 3.95. The highest BCUT2D eigenvalue weighted by Crippen LogP contribution is 2.33. The summed E-state index contributed by atoms with van der Waals surface area (Å²) in [5, 5.41) is 14.1. The summed E-state index contributed by atoms with van der Waals surface area (Å²) in [5.74, 6) is -1.61. The van der Waals surface area contributed by atoms with E-state index >= 15 is 0 Å². The number of anilines is 1. The van der Waals surface area contributed by atoms with Crippen molar-refractivity contribution >= 4 is 29.3 Å². The van der Waals surface area contributed by atoms with E-state index in [9.17, 15) is 14.0 Å². The number of urea groups is 1. The third kappa shape index (κ3) is 3.85. The molecule has 0 bridgehead atoms. The van der Waals surface area contributed by atoms with Crippen molar-refractivity contribution in [2.75, 3.05) is 5.32 Å². The van der Waals surface area contributed by atoms with Crippen molar-refractivity contribution in [3.8, 4) is 0 Å². The van der Waals surface area contributed by atoms with Crippen LogP contribution in [0.4, 0.5) is 14.9 Å². The number of carbonyl (C=O) groups is 2. The molecule has 5 nitrogen and oxygen atoms in total. The van der Waals surface area contributed by atoms with Crippen molar-refractivity contribution < 1.29 is 19.1 Å². The standard InChI is InChI=1S/C14H16ClFN2O3/c15-9-4-3-5-10(16)12(9)17-13(21)18-14(8-11(19)20)6-1-2-7-14/h3-5H,1-2,6-8H2,(H,19,20)(H2,17,18,21). The lowest BCUT2D eigenvalue weighted by Crippen LogP contribution is -2.49. The van der Waals surface area contributed by atoms with Gasteiger partial charge in [0.25, 0.3) is 0 Å². The van der Waals surface area contributed by atoms with Gasteiger partial charge in [0.2, 0.25) is 0 Å². The van der Waals surface area contributed by atoms with Crippen LogP contribution in [-0.4, -0.2) is 22.6 Å². The number of carbonyl (C=O) groups excluding carboxylic acids is 1. The predicted molar refractivity (Wildman–Crippen MR) is 77.0 cm³/mol. The number of hydrogen-bond acceptors (Lipinski definition) is 2. The predicted octanol–water partition coefficient (Wildman–Crippen LogP) is 3.39. The summed E-state index contributed by atoms with van der Waals surface area (Å²) in [4.78, 5) is 23.0. The molecule has 0 aliphatic heterocycles. The highest BCUT2D eigenvalue weighted by atomic mass is 35.5. The first-order valence-electron chi connectivity index (χ1n) is 6.67. The van der Waals surface area contributed by atoms with Crippen LogP contribution in [0.1, 0.15) is 32.1 Å². The molecule has 0 unspecified atom stereocenters. The number of aliphatic carboxylic acids is 1. The van der Waals surface area contributed by atoms with Crippen LogP contribution in [0.15, 0.2) is 18.2 Å². The Bertz CT molecular complexity index is 539. The molecule has 3 N–H and O–H groups in total. The summed E-state index contributed by atoms with van der Waals surface area (Å²) in [7, 11) is 0. The molecule has 0 heterocycles. The summed E-state index contributed by atoms with van der Waals surface area (Å²) in [6.07, 6.45) is 2.75. The molecule has 1 saturated carbocycles. The fourth-order valence-electron chi connectivity index (χ4n) is 2.69. The number of rotatable bonds is 4. The van der Waals surface area contributed by atoms with E-state index in [1.54, 1.807) is 0 Å². The number of benzene rings is 1. The van der Waals surface area contributed by atoms with Crippen LogP contribution in [0.3, 0.4) is 0 Å². The average molecular weight is 315 g/mol. The number of amides is 2. The Morgan fingerprint density at radius 2 is 2.00 bits per heavy atom. The van der Waals surface area contributed by atoms with Crippen LogP contribution in [0.5, 0.6) is 0 Å². The van der Waals surface area contributed by atoms with Gasteiger partial charge >= 0.3 is 12.0 Å². The SMILES string of the molecule is O=C(O)CC1(NC(=O)Nc2c(F)cccc2Cl)CCCC1. The zero-order valence-corrected chi connectivity index (χ0v) is 12.0. The number of nitrogens with one attached hydrogen (secondary N) is 2. The van der Waals surface area contributed by atoms with E-state index in [2.05, 4.69) is 10.6 Å². The van der Waals surface area contributed by atoms with Gasteiger partial charge in [-0.15, -0.1) is 0 Å². The van der Waals surface area contributed by atoms with E-state index in [1.165, 1.54) is 18.2 Å². The molecule has 114 valence electrons. The maximum absolute atomic E-state index is 13.6. The molecule has 0 saturated heterocycles. The molecule has 0 atom stereocenters. The first kappa shape index (κ1) is 15.6. The second kappa shape index (κ2) is 6.30. The van der Waals surface area contributed by atoms with Gasteiger partial charge in [-0.3, -0.25) is 4.79 Å². The maximum Gasteiger partial charge on any atom is 0.319 e. The van der Waals surface area contributed by atoms with Gasteiger partial charge in [0.05, 0.1) is 22.7 Å². The zero-order valence-electron chi connectivity index (χ0n) is 11.3. The van der Waals surface area contributed by atoms with Gasteiger partial charge in [-0.1, -0.05) is 30.5 Å². The van der Waals surface area contributed by atoms with Gasteiger partial charge < -0.3 is 15.7 Å². The molecule has 2 rings (SSSR count). The molecule has 1 aliphatic carbocycles.